The number of aromatic amines is 2. The van der Waals surface area contributed by atoms with E-state index in [1.165, 1.54) is 6.33 Å². The van der Waals surface area contributed by atoms with E-state index in [0.29, 0.717) is 36.6 Å². The van der Waals surface area contributed by atoms with E-state index in [9.17, 15) is 9.59 Å². The minimum Gasteiger partial charge on any atom is -0.377 e. The number of H-pyrrole nitrogens is 2. The van der Waals surface area contributed by atoms with Crippen molar-refractivity contribution in [2.24, 2.45) is 7.05 Å². The molecule has 0 aromatic carbocycles. The highest BCUT2D eigenvalue weighted by Crippen LogP contribution is 2.25. The zero-order chi connectivity index (χ0) is 19.1. The van der Waals surface area contributed by atoms with Crippen LogP contribution in [0.4, 0.5) is 0 Å². The number of aryl methyl sites for hydroxylation is 3. The number of hydrogen-bond acceptors (Lipinski definition) is 6. The second-order valence-corrected chi connectivity index (χ2v) is 6.72. The van der Waals surface area contributed by atoms with Gasteiger partial charge in [-0.1, -0.05) is 0 Å². The minimum absolute atomic E-state index is 0.0561. The summed E-state index contributed by atoms with van der Waals surface area (Å²) in [6.07, 6.45) is 1.58. The van der Waals surface area contributed by atoms with Crippen molar-refractivity contribution in [3.05, 3.63) is 39.3 Å². The van der Waals surface area contributed by atoms with E-state index in [2.05, 4.69) is 25.3 Å². The van der Waals surface area contributed by atoms with Gasteiger partial charge in [0, 0.05) is 19.3 Å². The maximum atomic E-state index is 13.1. The molecular weight excluding hydrogens is 350 g/mol. The van der Waals surface area contributed by atoms with Gasteiger partial charge in [-0.05, 0) is 25.0 Å². The Labute approximate surface area is 154 Å². The molecule has 4 heterocycles. The molecule has 10 heteroatoms. The van der Waals surface area contributed by atoms with Crippen LogP contribution >= 0.6 is 0 Å². The van der Waals surface area contributed by atoms with Gasteiger partial charge < -0.3 is 9.64 Å². The number of pyridine rings is 1. The quantitative estimate of drug-likeness (QED) is 0.675. The maximum Gasteiger partial charge on any atom is 0.273 e. The molecular formula is C17H21N7O3. The molecule has 27 heavy (non-hydrogen) atoms. The van der Waals surface area contributed by atoms with Crippen LogP contribution in [-0.4, -0.2) is 60.5 Å². The maximum absolute atomic E-state index is 13.1. The molecule has 0 radical (unpaired) electrons. The number of hydrogen-bond donors (Lipinski definition) is 2. The molecule has 0 bridgehead atoms. The normalized spacial score (nSPS) is 17.6. The molecule has 1 saturated heterocycles. The number of nitrogens with zero attached hydrogens (tertiary/aromatic N) is 5. The highest BCUT2D eigenvalue weighted by Gasteiger charge is 2.31. The van der Waals surface area contributed by atoms with Crippen molar-refractivity contribution in [2.75, 3.05) is 19.8 Å². The standard InChI is InChI=1S/C17H21N7O3/c1-9-11(10(2)20-16-14(9)17(26)22-23(16)3)6-13(25)24-4-5-27-7-12(24)15-18-8-19-21-15/h8,12H,4-7H2,1-3H3,(H,22,26)(H,18,19,21). The fourth-order valence-corrected chi connectivity index (χ4v) is 3.67. The molecule has 0 saturated carbocycles. The summed E-state index contributed by atoms with van der Waals surface area (Å²) in [6, 6.07) is -0.300. The van der Waals surface area contributed by atoms with Gasteiger partial charge in [0.1, 0.15) is 18.2 Å². The van der Waals surface area contributed by atoms with Gasteiger partial charge in [0.25, 0.3) is 5.56 Å². The first-order valence-electron chi connectivity index (χ1n) is 8.74. The summed E-state index contributed by atoms with van der Waals surface area (Å²) >= 11 is 0. The van der Waals surface area contributed by atoms with Crippen LogP contribution in [0.5, 0.6) is 0 Å². The van der Waals surface area contributed by atoms with Gasteiger partial charge in [0.05, 0.1) is 25.0 Å². The molecule has 1 aliphatic rings. The number of nitrogens with one attached hydrogen (secondary N) is 2. The largest absolute Gasteiger partial charge is 0.377 e. The van der Waals surface area contributed by atoms with E-state index >= 15 is 0 Å². The smallest absolute Gasteiger partial charge is 0.273 e. The minimum atomic E-state index is -0.300. The van der Waals surface area contributed by atoms with Gasteiger partial charge in [-0.15, -0.1) is 0 Å². The van der Waals surface area contributed by atoms with Crippen molar-refractivity contribution in [3.63, 3.8) is 0 Å². The zero-order valence-electron chi connectivity index (χ0n) is 15.4. The molecule has 3 aromatic heterocycles. The Bertz CT molecular complexity index is 1050. The van der Waals surface area contributed by atoms with E-state index in [-0.39, 0.29) is 23.9 Å². The van der Waals surface area contributed by atoms with E-state index in [1.807, 2.05) is 13.8 Å². The number of aromatic nitrogens is 6. The average molecular weight is 371 g/mol. The third-order valence-electron chi connectivity index (χ3n) is 5.10. The molecule has 0 aliphatic carbocycles. The third kappa shape index (κ3) is 2.91. The monoisotopic (exact) mass is 371 g/mol. The number of rotatable bonds is 3. The van der Waals surface area contributed by atoms with E-state index in [0.717, 1.165) is 16.8 Å². The summed E-state index contributed by atoms with van der Waals surface area (Å²) in [7, 11) is 1.75. The Balaban J connectivity index is 1.68. The molecule has 3 aromatic rings. The van der Waals surface area contributed by atoms with E-state index in [1.54, 1.807) is 16.6 Å². The topological polar surface area (TPSA) is 122 Å². The lowest BCUT2D eigenvalue weighted by atomic mass is 10.0. The highest BCUT2D eigenvalue weighted by atomic mass is 16.5. The van der Waals surface area contributed by atoms with Gasteiger partial charge in [0.15, 0.2) is 5.65 Å². The number of carbonyl (C=O) groups excluding carboxylic acids is 1. The van der Waals surface area contributed by atoms with Crippen LogP contribution < -0.4 is 5.56 Å². The zero-order valence-corrected chi connectivity index (χ0v) is 15.4. The second-order valence-electron chi connectivity index (χ2n) is 6.72. The van der Waals surface area contributed by atoms with Crippen LogP contribution in [0.3, 0.4) is 0 Å². The number of fused-ring (bicyclic) bond motifs is 1. The lowest BCUT2D eigenvalue weighted by Gasteiger charge is -2.34. The van der Waals surface area contributed by atoms with Gasteiger partial charge in [-0.3, -0.25) is 24.5 Å². The number of carbonyl (C=O) groups is 1. The summed E-state index contributed by atoms with van der Waals surface area (Å²) in [5, 5.41) is 9.93. The summed E-state index contributed by atoms with van der Waals surface area (Å²) in [5.41, 5.74) is 2.71. The lowest BCUT2D eigenvalue weighted by molar-refractivity contribution is -0.139. The summed E-state index contributed by atoms with van der Waals surface area (Å²) in [6.45, 7) is 5.05. The molecule has 1 aliphatic heterocycles. The molecule has 10 nitrogen and oxygen atoms in total. The van der Waals surface area contributed by atoms with Crippen molar-refractivity contribution in [1.82, 2.24) is 34.8 Å². The highest BCUT2D eigenvalue weighted by molar-refractivity contribution is 5.85. The molecule has 1 fully saturated rings. The van der Waals surface area contributed by atoms with Crippen LogP contribution in [0, 0.1) is 13.8 Å². The first kappa shape index (κ1) is 17.4. The first-order valence-corrected chi connectivity index (χ1v) is 8.74. The van der Waals surface area contributed by atoms with Crippen LogP contribution in [0.15, 0.2) is 11.1 Å². The van der Waals surface area contributed by atoms with Crippen molar-refractivity contribution >= 4 is 16.9 Å². The van der Waals surface area contributed by atoms with E-state index in [4.69, 9.17) is 4.74 Å². The Morgan fingerprint density at radius 2 is 2.22 bits per heavy atom. The van der Waals surface area contributed by atoms with Crippen molar-refractivity contribution in [1.29, 1.82) is 0 Å². The SMILES string of the molecule is Cc1nc2c(c(C)c1CC(=O)N1CCOCC1c1ncn[nH]1)c(=O)[nH]n2C. The van der Waals surface area contributed by atoms with Crippen molar-refractivity contribution < 1.29 is 9.53 Å². The molecule has 1 amide bonds. The van der Waals surface area contributed by atoms with Gasteiger partial charge in [-0.25, -0.2) is 9.97 Å². The molecule has 142 valence electrons. The Hall–Kier alpha value is -3.01. The van der Waals surface area contributed by atoms with Gasteiger partial charge >= 0.3 is 0 Å². The lowest BCUT2D eigenvalue weighted by Crippen LogP contribution is -2.44. The fourth-order valence-electron chi connectivity index (χ4n) is 3.67. The van der Waals surface area contributed by atoms with Crippen LogP contribution in [0.25, 0.3) is 11.0 Å². The Morgan fingerprint density at radius 1 is 1.41 bits per heavy atom. The molecule has 1 atom stereocenters. The van der Waals surface area contributed by atoms with Crippen LogP contribution in [0.2, 0.25) is 0 Å². The fraction of sp³-hybridized carbons (Fsp3) is 0.471. The second kappa shape index (κ2) is 6.62. The van der Waals surface area contributed by atoms with Gasteiger partial charge in [-0.2, -0.15) is 5.10 Å². The third-order valence-corrected chi connectivity index (χ3v) is 5.10. The average Bonchev–Trinajstić information content (AvgIpc) is 3.27. The summed E-state index contributed by atoms with van der Waals surface area (Å²) < 4.78 is 7.12. The first-order chi connectivity index (χ1) is 13.0. The predicted octanol–water partition coefficient (Wildman–Crippen LogP) is 0.139. The molecule has 1 unspecified atom stereocenters. The Morgan fingerprint density at radius 3 is 2.96 bits per heavy atom. The summed E-state index contributed by atoms with van der Waals surface area (Å²) in [4.78, 5) is 35.8. The molecule has 2 N–H and O–H groups in total. The number of morpholine rings is 1. The van der Waals surface area contributed by atoms with Crippen molar-refractivity contribution in [2.45, 2.75) is 26.3 Å². The van der Waals surface area contributed by atoms with Crippen molar-refractivity contribution in [3.8, 4) is 0 Å². The van der Waals surface area contributed by atoms with Gasteiger partial charge in [0.2, 0.25) is 5.91 Å². The van der Waals surface area contributed by atoms with E-state index < -0.39 is 0 Å². The Kier molecular flexibility index (Phi) is 4.27. The predicted molar refractivity (Wildman–Crippen MR) is 96.2 cm³/mol. The summed E-state index contributed by atoms with van der Waals surface area (Å²) in [5.74, 6) is 0.545. The number of ether oxygens (including phenoxy) is 1. The molecule has 4 rings (SSSR count). The number of amides is 1. The molecule has 0 spiro atoms. The van der Waals surface area contributed by atoms with Crippen LogP contribution in [-0.2, 0) is 23.0 Å². The van der Waals surface area contributed by atoms with Crippen LogP contribution in [0.1, 0.15) is 28.7 Å².